The molecule has 0 heterocycles. The van der Waals surface area contributed by atoms with E-state index in [0.29, 0.717) is 26.1 Å². The third-order valence-electron chi connectivity index (χ3n) is 5.36. The Balaban J connectivity index is 2.29. The van der Waals surface area contributed by atoms with Crippen molar-refractivity contribution in [2.45, 2.75) is 102 Å². The van der Waals surface area contributed by atoms with E-state index in [0.717, 1.165) is 38.6 Å². The lowest BCUT2D eigenvalue weighted by atomic mass is 10.1. The van der Waals surface area contributed by atoms with E-state index < -0.39 is 12.2 Å². The van der Waals surface area contributed by atoms with E-state index in [2.05, 4.69) is 11.8 Å². The van der Waals surface area contributed by atoms with Crippen LogP contribution in [-0.2, 0) is 14.3 Å². The molecule has 0 aliphatic heterocycles. The van der Waals surface area contributed by atoms with Crippen LogP contribution in [0, 0.1) is 0 Å². The van der Waals surface area contributed by atoms with Gasteiger partial charge in [0.25, 0.3) is 0 Å². The van der Waals surface area contributed by atoms with Crippen molar-refractivity contribution in [3.63, 3.8) is 0 Å². The molecule has 1 fully saturated rings. The maximum absolute atomic E-state index is 11.3. The fraction of sp³-hybridized carbons (Fsp3) is 0.952. The number of nitrogens with zero attached hydrogens (tertiary/aromatic N) is 1. The van der Waals surface area contributed by atoms with Crippen molar-refractivity contribution >= 4 is 5.97 Å². The molecule has 0 amide bonds. The number of esters is 1. The molecule has 27 heavy (non-hydrogen) atoms. The van der Waals surface area contributed by atoms with Crippen LogP contribution in [0.1, 0.15) is 78.1 Å². The van der Waals surface area contributed by atoms with Crippen molar-refractivity contribution in [2.75, 3.05) is 26.8 Å². The number of ether oxygens (including phenoxy) is 2. The number of hydrogen-bond acceptors (Lipinski definition) is 6. The van der Waals surface area contributed by atoms with Crippen molar-refractivity contribution in [1.29, 1.82) is 0 Å². The van der Waals surface area contributed by atoms with Crippen LogP contribution < -0.4 is 0 Å². The van der Waals surface area contributed by atoms with Gasteiger partial charge in [-0.25, -0.2) is 0 Å². The van der Waals surface area contributed by atoms with E-state index in [4.69, 9.17) is 9.47 Å². The van der Waals surface area contributed by atoms with Crippen LogP contribution in [0.4, 0.5) is 0 Å². The summed E-state index contributed by atoms with van der Waals surface area (Å²) in [7, 11) is 1.98. The molecule has 6 heteroatoms. The fourth-order valence-corrected chi connectivity index (χ4v) is 3.84. The molecular weight excluding hydrogens is 346 g/mol. The molecule has 0 aromatic heterocycles. The summed E-state index contributed by atoms with van der Waals surface area (Å²) in [6.45, 7) is 5.90. The van der Waals surface area contributed by atoms with Gasteiger partial charge in [-0.2, -0.15) is 0 Å². The minimum atomic E-state index is -0.605. The molecule has 1 rings (SSSR count). The predicted octanol–water partition coefficient (Wildman–Crippen LogP) is 2.89. The predicted molar refractivity (Wildman–Crippen MR) is 107 cm³/mol. The molecule has 0 bridgehead atoms. The summed E-state index contributed by atoms with van der Waals surface area (Å²) in [6.07, 6.45) is 7.92. The Morgan fingerprint density at radius 2 is 1.70 bits per heavy atom. The van der Waals surface area contributed by atoms with Gasteiger partial charge < -0.3 is 19.7 Å². The zero-order valence-electron chi connectivity index (χ0n) is 17.6. The number of unbranched alkanes of at least 4 members (excludes halogenated alkanes) is 6. The number of hydrogen-bond donors (Lipinski definition) is 2. The lowest BCUT2D eigenvalue weighted by molar-refractivity contribution is -0.143. The Bertz CT molecular complexity index is 393. The second-order valence-electron chi connectivity index (χ2n) is 7.71. The molecule has 1 aliphatic carbocycles. The summed E-state index contributed by atoms with van der Waals surface area (Å²) in [5.74, 6) is -0.132. The maximum atomic E-state index is 11.3. The largest absolute Gasteiger partial charge is 0.466 e. The molecule has 160 valence electrons. The summed E-state index contributed by atoms with van der Waals surface area (Å²) < 4.78 is 10.9. The number of aliphatic hydroxyl groups excluding tert-OH is 2. The second-order valence-corrected chi connectivity index (χ2v) is 7.71. The molecule has 1 aliphatic rings. The van der Waals surface area contributed by atoms with Gasteiger partial charge >= 0.3 is 5.97 Å². The van der Waals surface area contributed by atoms with Gasteiger partial charge in [0.15, 0.2) is 0 Å². The van der Waals surface area contributed by atoms with Gasteiger partial charge in [-0.3, -0.25) is 9.69 Å². The van der Waals surface area contributed by atoms with Crippen LogP contribution in [0.5, 0.6) is 0 Å². The van der Waals surface area contributed by atoms with E-state index in [1.165, 1.54) is 19.3 Å². The SMILES string of the molecule is CCCCCCCOC1C(O)CC(O)C1N(C)CCCCCC(=O)OCC. The summed E-state index contributed by atoms with van der Waals surface area (Å²) in [6, 6.07) is -0.166. The average Bonchev–Trinajstić information content (AvgIpc) is 2.91. The Hall–Kier alpha value is -0.690. The normalized spacial score (nSPS) is 25.3. The number of carbonyl (C=O) groups is 1. The summed E-state index contributed by atoms with van der Waals surface area (Å²) >= 11 is 0. The second kappa shape index (κ2) is 14.3. The van der Waals surface area contributed by atoms with Gasteiger partial charge in [-0.1, -0.05) is 39.0 Å². The first-order valence-corrected chi connectivity index (χ1v) is 10.8. The first-order chi connectivity index (χ1) is 13.0. The topological polar surface area (TPSA) is 79.2 Å². The highest BCUT2D eigenvalue weighted by Crippen LogP contribution is 2.28. The first kappa shape index (κ1) is 24.3. The molecule has 0 saturated heterocycles. The van der Waals surface area contributed by atoms with Gasteiger partial charge in [0.05, 0.1) is 24.9 Å². The molecule has 0 aromatic rings. The molecule has 6 nitrogen and oxygen atoms in total. The van der Waals surface area contributed by atoms with Crippen LogP contribution in [0.15, 0.2) is 0 Å². The highest BCUT2D eigenvalue weighted by atomic mass is 16.5. The van der Waals surface area contributed by atoms with Crippen molar-refractivity contribution in [3.8, 4) is 0 Å². The standard InChI is InChI=1S/C21H41NO5/c1-4-6-7-8-12-15-27-21-18(24)16-17(23)20(21)22(3)14-11-9-10-13-19(25)26-5-2/h17-18,20-21,23-24H,4-16H2,1-3H3. The highest BCUT2D eigenvalue weighted by Gasteiger charge is 2.44. The number of likely N-dealkylation sites (N-methyl/N-ethyl adjacent to an activating group) is 1. The van der Waals surface area contributed by atoms with Crippen molar-refractivity contribution < 1.29 is 24.5 Å². The molecule has 1 saturated carbocycles. The zero-order valence-corrected chi connectivity index (χ0v) is 17.6. The molecule has 0 radical (unpaired) electrons. The van der Waals surface area contributed by atoms with E-state index in [1.54, 1.807) is 0 Å². The van der Waals surface area contributed by atoms with E-state index in [-0.39, 0.29) is 18.1 Å². The van der Waals surface area contributed by atoms with Gasteiger partial charge in [0, 0.05) is 19.4 Å². The van der Waals surface area contributed by atoms with Gasteiger partial charge in [0.2, 0.25) is 0 Å². The highest BCUT2D eigenvalue weighted by molar-refractivity contribution is 5.69. The average molecular weight is 388 g/mol. The molecule has 4 atom stereocenters. The van der Waals surface area contributed by atoms with Crippen LogP contribution in [0.3, 0.4) is 0 Å². The van der Waals surface area contributed by atoms with Crippen LogP contribution >= 0.6 is 0 Å². The summed E-state index contributed by atoms with van der Waals surface area (Å²) in [5, 5.41) is 20.6. The lowest BCUT2D eigenvalue weighted by Crippen LogP contribution is -2.47. The van der Waals surface area contributed by atoms with Crippen molar-refractivity contribution in [3.05, 3.63) is 0 Å². The molecular formula is C21H41NO5. The van der Waals surface area contributed by atoms with Gasteiger partial charge in [-0.15, -0.1) is 0 Å². The quantitative estimate of drug-likeness (QED) is 0.332. The Labute approximate surface area is 165 Å². The minimum Gasteiger partial charge on any atom is -0.466 e. The summed E-state index contributed by atoms with van der Waals surface area (Å²) in [4.78, 5) is 13.4. The van der Waals surface area contributed by atoms with Crippen LogP contribution in [-0.4, -0.2) is 72.2 Å². The first-order valence-electron chi connectivity index (χ1n) is 10.8. The van der Waals surface area contributed by atoms with Crippen molar-refractivity contribution in [1.82, 2.24) is 4.90 Å². The molecule has 0 aromatic carbocycles. The smallest absolute Gasteiger partial charge is 0.305 e. The molecule has 0 spiro atoms. The minimum absolute atomic E-state index is 0.132. The van der Waals surface area contributed by atoms with Crippen LogP contribution in [0.25, 0.3) is 0 Å². The van der Waals surface area contributed by atoms with Crippen molar-refractivity contribution in [2.24, 2.45) is 0 Å². The fourth-order valence-electron chi connectivity index (χ4n) is 3.84. The van der Waals surface area contributed by atoms with Gasteiger partial charge in [0.1, 0.15) is 6.10 Å². The number of carbonyl (C=O) groups excluding carboxylic acids is 1. The third-order valence-corrected chi connectivity index (χ3v) is 5.36. The van der Waals surface area contributed by atoms with E-state index in [9.17, 15) is 15.0 Å². The number of aliphatic hydroxyl groups is 2. The molecule has 4 unspecified atom stereocenters. The van der Waals surface area contributed by atoms with Crippen LogP contribution in [0.2, 0.25) is 0 Å². The number of rotatable bonds is 15. The monoisotopic (exact) mass is 387 g/mol. The van der Waals surface area contributed by atoms with E-state index >= 15 is 0 Å². The lowest BCUT2D eigenvalue weighted by Gasteiger charge is -2.32. The third kappa shape index (κ3) is 9.37. The van der Waals surface area contributed by atoms with E-state index in [1.807, 2.05) is 14.0 Å². The Kier molecular flexibility index (Phi) is 12.9. The molecule has 2 N–H and O–H groups in total. The Morgan fingerprint density at radius 1 is 1.00 bits per heavy atom. The Morgan fingerprint density at radius 3 is 2.41 bits per heavy atom. The van der Waals surface area contributed by atoms with Gasteiger partial charge in [-0.05, 0) is 39.8 Å². The summed E-state index contributed by atoms with van der Waals surface area (Å²) in [5.41, 5.74) is 0. The maximum Gasteiger partial charge on any atom is 0.305 e. The zero-order chi connectivity index (χ0) is 20.1.